The van der Waals surface area contributed by atoms with Crippen molar-refractivity contribution >= 4 is 11.0 Å². The lowest BCUT2D eigenvalue weighted by atomic mass is 10.0. The third-order valence-corrected chi connectivity index (χ3v) is 3.86. The fourth-order valence-electron chi connectivity index (χ4n) is 2.55. The molecule has 4 heteroatoms. The Morgan fingerprint density at radius 3 is 2.44 bits per heavy atom. The molecule has 0 radical (unpaired) electrons. The van der Waals surface area contributed by atoms with Crippen LogP contribution in [0.5, 0.6) is 11.5 Å². The SMILES string of the molecule is COc1ccc(-c2cc(=O)oc3cc(OCC=C(C)C)ccc23)cc1. The highest BCUT2D eigenvalue weighted by Gasteiger charge is 2.09. The number of hydrogen-bond acceptors (Lipinski definition) is 4. The van der Waals surface area contributed by atoms with Gasteiger partial charge in [-0.2, -0.15) is 0 Å². The van der Waals surface area contributed by atoms with Gasteiger partial charge in [-0.25, -0.2) is 4.79 Å². The molecule has 0 aliphatic rings. The molecular weight excluding hydrogens is 316 g/mol. The minimum Gasteiger partial charge on any atom is -0.497 e. The summed E-state index contributed by atoms with van der Waals surface area (Å²) < 4.78 is 16.2. The van der Waals surface area contributed by atoms with Gasteiger partial charge in [0.05, 0.1) is 7.11 Å². The number of fused-ring (bicyclic) bond motifs is 1. The van der Waals surface area contributed by atoms with E-state index in [9.17, 15) is 4.79 Å². The molecule has 0 spiro atoms. The molecule has 25 heavy (non-hydrogen) atoms. The first-order valence-electron chi connectivity index (χ1n) is 8.05. The smallest absolute Gasteiger partial charge is 0.336 e. The van der Waals surface area contributed by atoms with Crippen LogP contribution in [0.15, 0.2) is 69.4 Å². The first-order chi connectivity index (χ1) is 12.1. The van der Waals surface area contributed by atoms with Crippen molar-refractivity contribution in [3.63, 3.8) is 0 Å². The Hall–Kier alpha value is -3.01. The van der Waals surface area contributed by atoms with Crippen LogP contribution in [0.1, 0.15) is 13.8 Å². The summed E-state index contributed by atoms with van der Waals surface area (Å²) in [6, 6.07) is 14.6. The van der Waals surface area contributed by atoms with Crippen LogP contribution >= 0.6 is 0 Å². The predicted octanol–water partition coefficient (Wildman–Crippen LogP) is 4.81. The van der Waals surface area contributed by atoms with E-state index in [0.29, 0.717) is 17.9 Å². The van der Waals surface area contributed by atoms with Crippen molar-refractivity contribution < 1.29 is 13.9 Å². The Morgan fingerprint density at radius 2 is 1.76 bits per heavy atom. The summed E-state index contributed by atoms with van der Waals surface area (Å²) in [5.74, 6) is 1.44. The lowest BCUT2D eigenvalue weighted by Crippen LogP contribution is -1.99. The highest BCUT2D eigenvalue weighted by atomic mass is 16.5. The molecule has 0 aliphatic heterocycles. The second kappa shape index (κ2) is 7.26. The monoisotopic (exact) mass is 336 g/mol. The first kappa shape index (κ1) is 16.8. The Kier molecular flexibility index (Phi) is 4.89. The quantitative estimate of drug-likeness (QED) is 0.495. The maximum Gasteiger partial charge on any atom is 0.336 e. The van der Waals surface area contributed by atoms with E-state index in [-0.39, 0.29) is 5.63 Å². The summed E-state index contributed by atoms with van der Waals surface area (Å²) in [6.07, 6.45) is 1.99. The molecule has 2 aromatic carbocycles. The highest BCUT2D eigenvalue weighted by molar-refractivity contribution is 5.93. The van der Waals surface area contributed by atoms with Crippen molar-refractivity contribution in [3.05, 3.63) is 70.6 Å². The van der Waals surface area contributed by atoms with E-state index in [1.54, 1.807) is 13.2 Å². The topological polar surface area (TPSA) is 48.7 Å². The minimum atomic E-state index is -0.389. The van der Waals surface area contributed by atoms with E-state index in [2.05, 4.69) is 0 Å². The Bertz CT molecular complexity index is 961. The molecule has 0 N–H and O–H groups in total. The molecule has 0 saturated heterocycles. The zero-order chi connectivity index (χ0) is 17.8. The summed E-state index contributed by atoms with van der Waals surface area (Å²) in [6.45, 7) is 4.52. The zero-order valence-corrected chi connectivity index (χ0v) is 14.5. The van der Waals surface area contributed by atoms with Crippen LogP contribution in [0.3, 0.4) is 0 Å². The fourth-order valence-corrected chi connectivity index (χ4v) is 2.55. The van der Waals surface area contributed by atoms with Crippen molar-refractivity contribution in [1.29, 1.82) is 0 Å². The van der Waals surface area contributed by atoms with E-state index < -0.39 is 0 Å². The number of allylic oxidation sites excluding steroid dienone is 1. The van der Waals surface area contributed by atoms with Gasteiger partial charge < -0.3 is 13.9 Å². The van der Waals surface area contributed by atoms with Crippen LogP contribution in [-0.4, -0.2) is 13.7 Å². The molecular formula is C21H20O4. The molecule has 1 aromatic heterocycles. The van der Waals surface area contributed by atoms with Gasteiger partial charge in [0.2, 0.25) is 0 Å². The Labute approximate surface area is 146 Å². The molecule has 0 saturated carbocycles. The van der Waals surface area contributed by atoms with Gasteiger partial charge in [0, 0.05) is 17.5 Å². The Morgan fingerprint density at radius 1 is 1.04 bits per heavy atom. The minimum absolute atomic E-state index is 0.389. The summed E-state index contributed by atoms with van der Waals surface area (Å²) in [5, 5.41) is 0.860. The first-order valence-corrected chi connectivity index (χ1v) is 8.05. The van der Waals surface area contributed by atoms with E-state index in [1.165, 1.54) is 11.6 Å². The number of hydrogen-bond donors (Lipinski definition) is 0. The summed E-state index contributed by atoms with van der Waals surface area (Å²) in [5.41, 5.74) is 3.06. The summed E-state index contributed by atoms with van der Waals surface area (Å²) in [7, 11) is 1.62. The van der Waals surface area contributed by atoms with Crippen LogP contribution < -0.4 is 15.1 Å². The molecule has 3 aromatic rings. The molecule has 0 unspecified atom stereocenters. The van der Waals surface area contributed by atoms with Crippen molar-refractivity contribution in [2.75, 3.05) is 13.7 Å². The van der Waals surface area contributed by atoms with Crippen molar-refractivity contribution in [2.24, 2.45) is 0 Å². The second-order valence-corrected chi connectivity index (χ2v) is 5.96. The third kappa shape index (κ3) is 3.91. The van der Waals surface area contributed by atoms with Gasteiger partial charge in [-0.3, -0.25) is 0 Å². The maximum atomic E-state index is 12.0. The van der Waals surface area contributed by atoms with Crippen molar-refractivity contribution in [1.82, 2.24) is 0 Å². The standard InChI is InChI=1S/C21H20O4/c1-14(2)10-11-24-17-8-9-18-19(13-21(22)25-20(18)12-17)15-4-6-16(23-3)7-5-15/h4-10,12-13H,11H2,1-3H3. The van der Waals surface area contributed by atoms with E-state index in [4.69, 9.17) is 13.9 Å². The average Bonchev–Trinajstić information content (AvgIpc) is 2.60. The van der Waals surface area contributed by atoms with Crippen molar-refractivity contribution in [3.8, 4) is 22.6 Å². The molecule has 1 heterocycles. The van der Waals surface area contributed by atoms with Crippen LogP contribution in [0.25, 0.3) is 22.1 Å². The van der Waals surface area contributed by atoms with E-state index in [0.717, 1.165) is 22.3 Å². The fraction of sp³-hybridized carbons (Fsp3) is 0.190. The molecule has 128 valence electrons. The normalized spacial score (nSPS) is 10.5. The number of benzene rings is 2. The molecule has 0 aliphatic carbocycles. The van der Waals surface area contributed by atoms with Crippen LogP contribution in [0, 0.1) is 0 Å². The number of rotatable bonds is 5. The second-order valence-electron chi connectivity index (χ2n) is 5.96. The highest BCUT2D eigenvalue weighted by Crippen LogP contribution is 2.30. The number of ether oxygens (including phenoxy) is 2. The average molecular weight is 336 g/mol. The molecule has 0 bridgehead atoms. The molecule has 0 fully saturated rings. The van der Waals surface area contributed by atoms with Crippen LogP contribution in [0.2, 0.25) is 0 Å². The van der Waals surface area contributed by atoms with Gasteiger partial charge in [-0.1, -0.05) is 17.7 Å². The van der Waals surface area contributed by atoms with Gasteiger partial charge in [0.1, 0.15) is 23.7 Å². The van der Waals surface area contributed by atoms with Crippen molar-refractivity contribution in [2.45, 2.75) is 13.8 Å². The largest absolute Gasteiger partial charge is 0.497 e. The van der Waals surface area contributed by atoms with E-state index in [1.807, 2.05) is 56.3 Å². The number of methoxy groups -OCH3 is 1. The van der Waals surface area contributed by atoms with Gasteiger partial charge in [-0.15, -0.1) is 0 Å². The molecule has 3 rings (SSSR count). The molecule has 0 atom stereocenters. The van der Waals surface area contributed by atoms with Crippen LogP contribution in [-0.2, 0) is 0 Å². The van der Waals surface area contributed by atoms with Gasteiger partial charge in [0.25, 0.3) is 0 Å². The zero-order valence-electron chi connectivity index (χ0n) is 14.5. The summed E-state index contributed by atoms with van der Waals surface area (Å²) >= 11 is 0. The predicted molar refractivity (Wildman–Crippen MR) is 99.4 cm³/mol. The Balaban J connectivity index is 2.01. The third-order valence-electron chi connectivity index (χ3n) is 3.86. The van der Waals surface area contributed by atoms with Gasteiger partial charge in [-0.05, 0) is 55.3 Å². The van der Waals surface area contributed by atoms with E-state index >= 15 is 0 Å². The summed E-state index contributed by atoms with van der Waals surface area (Å²) in [4.78, 5) is 12.0. The lowest BCUT2D eigenvalue weighted by molar-refractivity contribution is 0.361. The van der Waals surface area contributed by atoms with Gasteiger partial charge in [0.15, 0.2) is 0 Å². The molecule has 0 amide bonds. The molecule has 4 nitrogen and oxygen atoms in total. The lowest BCUT2D eigenvalue weighted by Gasteiger charge is -2.09. The van der Waals surface area contributed by atoms with Gasteiger partial charge >= 0.3 is 5.63 Å². The van der Waals surface area contributed by atoms with Crippen LogP contribution in [0.4, 0.5) is 0 Å². The maximum absolute atomic E-state index is 12.0.